The number of aliphatic hydroxyl groups is 2. The molecule has 1 atom stereocenters. The maximum atomic E-state index is 9.25. The van der Waals surface area contributed by atoms with Gasteiger partial charge in [-0.05, 0) is 103 Å². The van der Waals surface area contributed by atoms with E-state index in [0.29, 0.717) is 0 Å². The zero-order valence-corrected chi connectivity index (χ0v) is 22.6. The van der Waals surface area contributed by atoms with Crippen LogP contribution in [0.2, 0.25) is 0 Å². The first-order chi connectivity index (χ1) is 17.1. The van der Waals surface area contributed by atoms with Crippen molar-refractivity contribution < 1.29 is 10.2 Å². The molecule has 0 aliphatic heterocycles. The van der Waals surface area contributed by atoms with Crippen LogP contribution in [0.3, 0.4) is 0 Å². The van der Waals surface area contributed by atoms with E-state index in [4.69, 9.17) is 0 Å². The molecule has 0 radical (unpaired) electrons. The molecule has 2 aromatic carbocycles. The maximum Gasteiger partial charge on any atom is 0.0481 e. The van der Waals surface area contributed by atoms with Crippen LogP contribution in [-0.4, -0.2) is 23.4 Å². The number of unbranched alkanes of at least 4 members (excludes halogenated alkanes) is 1. The normalized spacial score (nSPS) is 19.3. The Kier molecular flexibility index (Phi) is 11.8. The Hall–Kier alpha value is -1.64. The second-order valence-corrected chi connectivity index (χ2v) is 11.3. The molecule has 2 N–H and O–H groups in total. The van der Waals surface area contributed by atoms with Gasteiger partial charge in [-0.3, -0.25) is 0 Å². The first-order valence-electron chi connectivity index (χ1n) is 14.5. The molecule has 2 heteroatoms. The standard InChI is InChI=1S/C33H50O2/c1-4-6-8-25(3)21-27-13-15-30(16-14-27)32-19-20-33(29(5-2)22-32)31-17-11-26(12-18-31)9-7-10-28(23-34)24-35/h11-12,17-20,22,25,27-28,30,34-35H,4-10,13-16,21,23-24H2,1-3H3. The Morgan fingerprint density at radius 2 is 1.57 bits per heavy atom. The molecule has 1 unspecified atom stereocenters. The summed E-state index contributed by atoms with van der Waals surface area (Å²) in [6.45, 7) is 7.20. The predicted molar refractivity (Wildman–Crippen MR) is 150 cm³/mol. The third-order valence-corrected chi connectivity index (χ3v) is 8.47. The fourth-order valence-electron chi connectivity index (χ4n) is 6.10. The van der Waals surface area contributed by atoms with Gasteiger partial charge in [0.1, 0.15) is 0 Å². The van der Waals surface area contributed by atoms with Crippen LogP contribution in [0.5, 0.6) is 0 Å². The summed E-state index contributed by atoms with van der Waals surface area (Å²) >= 11 is 0. The molecule has 194 valence electrons. The highest BCUT2D eigenvalue weighted by atomic mass is 16.3. The minimum Gasteiger partial charge on any atom is -0.396 e. The van der Waals surface area contributed by atoms with Crippen LogP contribution in [0, 0.1) is 17.8 Å². The minimum atomic E-state index is 0.0179. The summed E-state index contributed by atoms with van der Waals surface area (Å²) in [5.41, 5.74) is 7.05. The van der Waals surface area contributed by atoms with E-state index in [9.17, 15) is 10.2 Å². The molecular weight excluding hydrogens is 428 g/mol. The molecule has 0 amide bonds. The van der Waals surface area contributed by atoms with E-state index in [0.717, 1.165) is 43.4 Å². The average molecular weight is 479 g/mol. The van der Waals surface area contributed by atoms with Crippen molar-refractivity contribution in [2.45, 2.75) is 104 Å². The van der Waals surface area contributed by atoms with Crippen molar-refractivity contribution in [1.29, 1.82) is 0 Å². The summed E-state index contributed by atoms with van der Waals surface area (Å²) in [6, 6.07) is 16.3. The molecule has 0 heterocycles. The smallest absolute Gasteiger partial charge is 0.0481 e. The van der Waals surface area contributed by atoms with Crippen molar-refractivity contribution in [2.75, 3.05) is 13.2 Å². The summed E-state index contributed by atoms with van der Waals surface area (Å²) in [4.78, 5) is 0. The Morgan fingerprint density at radius 1 is 0.857 bits per heavy atom. The number of aliphatic hydroxyl groups excluding tert-OH is 2. The van der Waals surface area contributed by atoms with Crippen molar-refractivity contribution in [1.82, 2.24) is 0 Å². The topological polar surface area (TPSA) is 40.5 Å². The lowest BCUT2D eigenvalue weighted by molar-refractivity contribution is 0.142. The monoisotopic (exact) mass is 478 g/mol. The lowest BCUT2D eigenvalue weighted by Crippen LogP contribution is -2.16. The van der Waals surface area contributed by atoms with E-state index in [-0.39, 0.29) is 19.1 Å². The van der Waals surface area contributed by atoms with Crippen molar-refractivity contribution in [3.05, 3.63) is 59.2 Å². The van der Waals surface area contributed by atoms with Gasteiger partial charge in [0.15, 0.2) is 0 Å². The Labute approximate surface area is 215 Å². The fraction of sp³-hybridized carbons (Fsp3) is 0.636. The molecule has 1 aliphatic carbocycles. The number of hydrogen-bond donors (Lipinski definition) is 2. The van der Waals surface area contributed by atoms with Crippen LogP contribution in [0.4, 0.5) is 0 Å². The summed E-state index contributed by atoms with van der Waals surface area (Å²) in [5, 5.41) is 18.5. The van der Waals surface area contributed by atoms with Crippen LogP contribution in [0.25, 0.3) is 11.1 Å². The molecule has 0 spiro atoms. The molecule has 0 bridgehead atoms. The lowest BCUT2D eigenvalue weighted by atomic mass is 9.75. The first-order valence-corrected chi connectivity index (χ1v) is 14.5. The lowest BCUT2D eigenvalue weighted by Gasteiger charge is -2.31. The van der Waals surface area contributed by atoms with Crippen LogP contribution < -0.4 is 0 Å². The van der Waals surface area contributed by atoms with Crippen molar-refractivity contribution in [3.8, 4) is 11.1 Å². The summed E-state index contributed by atoms with van der Waals surface area (Å²) in [7, 11) is 0. The number of aryl methyl sites for hydroxylation is 2. The van der Waals surface area contributed by atoms with Gasteiger partial charge < -0.3 is 10.2 Å². The Balaban J connectivity index is 1.57. The fourth-order valence-corrected chi connectivity index (χ4v) is 6.10. The summed E-state index contributed by atoms with van der Waals surface area (Å²) in [5.74, 6) is 2.59. The summed E-state index contributed by atoms with van der Waals surface area (Å²) in [6.07, 6.45) is 15.0. The molecular formula is C33H50O2. The SMILES string of the molecule is CCCCC(C)CC1CCC(c2ccc(-c3ccc(CCCC(CO)CO)cc3)c(CC)c2)CC1. The quantitative estimate of drug-likeness (QED) is 0.286. The van der Waals surface area contributed by atoms with E-state index < -0.39 is 0 Å². The van der Waals surface area contributed by atoms with Gasteiger partial charge in [0.05, 0.1) is 0 Å². The molecule has 0 aromatic heterocycles. The summed E-state index contributed by atoms with van der Waals surface area (Å²) < 4.78 is 0. The van der Waals surface area contributed by atoms with E-state index in [1.165, 1.54) is 73.6 Å². The largest absolute Gasteiger partial charge is 0.396 e. The van der Waals surface area contributed by atoms with Gasteiger partial charge in [-0.1, -0.05) is 82.5 Å². The predicted octanol–water partition coefficient (Wildman–Crippen LogP) is 8.33. The maximum absolute atomic E-state index is 9.25. The number of rotatable bonds is 14. The third-order valence-electron chi connectivity index (χ3n) is 8.47. The van der Waals surface area contributed by atoms with Gasteiger partial charge in [0, 0.05) is 19.1 Å². The van der Waals surface area contributed by atoms with Gasteiger partial charge >= 0.3 is 0 Å². The molecule has 0 saturated heterocycles. The number of hydrogen-bond acceptors (Lipinski definition) is 2. The zero-order valence-electron chi connectivity index (χ0n) is 22.6. The van der Waals surface area contributed by atoms with Crippen molar-refractivity contribution in [2.24, 2.45) is 17.8 Å². The molecule has 1 aliphatic rings. The van der Waals surface area contributed by atoms with E-state index in [1.807, 2.05) is 0 Å². The average Bonchev–Trinajstić information content (AvgIpc) is 2.90. The van der Waals surface area contributed by atoms with Crippen molar-refractivity contribution >= 4 is 0 Å². The van der Waals surface area contributed by atoms with Crippen LogP contribution in [0.15, 0.2) is 42.5 Å². The van der Waals surface area contributed by atoms with Gasteiger partial charge in [0.2, 0.25) is 0 Å². The van der Waals surface area contributed by atoms with Gasteiger partial charge in [0.25, 0.3) is 0 Å². The van der Waals surface area contributed by atoms with Gasteiger partial charge in [-0.25, -0.2) is 0 Å². The zero-order chi connectivity index (χ0) is 25.0. The van der Waals surface area contributed by atoms with Crippen LogP contribution in [0.1, 0.15) is 108 Å². The second kappa shape index (κ2) is 14.8. The van der Waals surface area contributed by atoms with Crippen LogP contribution >= 0.6 is 0 Å². The highest BCUT2D eigenvalue weighted by Crippen LogP contribution is 2.40. The van der Waals surface area contributed by atoms with Gasteiger partial charge in [-0.2, -0.15) is 0 Å². The van der Waals surface area contributed by atoms with E-state index in [1.54, 1.807) is 5.56 Å². The Bertz CT molecular complexity index is 844. The molecule has 1 fully saturated rings. The Morgan fingerprint density at radius 3 is 2.20 bits per heavy atom. The molecule has 3 rings (SSSR count). The van der Waals surface area contributed by atoms with Gasteiger partial charge in [-0.15, -0.1) is 0 Å². The van der Waals surface area contributed by atoms with E-state index in [2.05, 4.69) is 63.2 Å². The van der Waals surface area contributed by atoms with Crippen LogP contribution in [-0.2, 0) is 12.8 Å². The third kappa shape index (κ3) is 8.46. The van der Waals surface area contributed by atoms with E-state index >= 15 is 0 Å². The van der Waals surface area contributed by atoms with Crippen molar-refractivity contribution in [3.63, 3.8) is 0 Å². The number of benzene rings is 2. The highest BCUT2D eigenvalue weighted by Gasteiger charge is 2.24. The molecule has 2 nitrogen and oxygen atoms in total. The first kappa shape index (κ1) is 27.9. The second-order valence-electron chi connectivity index (χ2n) is 11.3. The molecule has 1 saturated carbocycles. The molecule has 2 aromatic rings. The molecule has 35 heavy (non-hydrogen) atoms. The minimum absolute atomic E-state index is 0.0179. The highest BCUT2D eigenvalue weighted by molar-refractivity contribution is 5.68.